The molecule has 1 atom stereocenters. The number of halogens is 1. The van der Waals surface area contributed by atoms with E-state index in [2.05, 4.69) is 6.92 Å². The van der Waals surface area contributed by atoms with Crippen molar-refractivity contribution >= 4 is 11.6 Å². The first-order valence-electron chi connectivity index (χ1n) is 2.94. The van der Waals surface area contributed by atoms with Crippen LogP contribution in [0.2, 0.25) is 0 Å². The molecule has 2 heteroatoms. The third kappa shape index (κ3) is 4.41. The molecule has 8 heavy (non-hydrogen) atoms. The van der Waals surface area contributed by atoms with Gasteiger partial charge in [-0.2, -0.15) is 0 Å². The summed E-state index contributed by atoms with van der Waals surface area (Å²) in [7, 11) is 1.67. The van der Waals surface area contributed by atoms with Crippen LogP contribution in [0.5, 0.6) is 0 Å². The van der Waals surface area contributed by atoms with Gasteiger partial charge in [-0.1, -0.05) is 13.3 Å². The van der Waals surface area contributed by atoms with Gasteiger partial charge in [0.1, 0.15) is 0 Å². The molecule has 0 heterocycles. The number of hydrogen-bond acceptors (Lipinski definition) is 1. The highest BCUT2D eigenvalue weighted by Gasteiger charge is 1.99. The van der Waals surface area contributed by atoms with Crippen LogP contribution in [0, 0.1) is 0 Å². The molecule has 0 amide bonds. The molecule has 0 radical (unpaired) electrons. The van der Waals surface area contributed by atoms with Gasteiger partial charge in [-0.15, -0.1) is 11.6 Å². The predicted molar refractivity (Wildman–Crippen MR) is 36.4 cm³/mol. The molecule has 0 aliphatic carbocycles. The maximum absolute atomic E-state index is 5.76. The summed E-state index contributed by atoms with van der Waals surface area (Å²) in [6.45, 7) is 2.79. The summed E-state index contributed by atoms with van der Waals surface area (Å²) in [5, 5.41) is 0.213. The SMILES string of the molecule is CCCC(Cl)COC. The third-order valence-electron chi connectivity index (χ3n) is 0.949. The molecule has 0 saturated carbocycles. The van der Waals surface area contributed by atoms with Crippen LogP contribution >= 0.6 is 11.6 Å². The van der Waals surface area contributed by atoms with E-state index in [0.29, 0.717) is 6.61 Å². The number of hydrogen-bond donors (Lipinski definition) is 0. The van der Waals surface area contributed by atoms with Crippen molar-refractivity contribution < 1.29 is 4.74 Å². The van der Waals surface area contributed by atoms with Crippen LogP contribution in [0.4, 0.5) is 0 Å². The quantitative estimate of drug-likeness (QED) is 0.538. The van der Waals surface area contributed by atoms with Gasteiger partial charge in [0, 0.05) is 7.11 Å². The highest BCUT2D eigenvalue weighted by atomic mass is 35.5. The summed E-state index contributed by atoms with van der Waals surface area (Å²) in [5.41, 5.74) is 0. The summed E-state index contributed by atoms with van der Waals surface area (Å²) in [6, 6.07) is 0. The highest BCUT2D eigenvalue weighted by molar-refractivity contribution is 6.20. The number of alkyl halides is 1. The molecule has 0 fully saturated rings. The van der Waals surface area contributed by atoms with Crippen molar-refractivity contribution in [3.63, 3.8) is 0 Å². The first-order chi connectivity index (χ1) is 3.81. The van der Waals surface area contributed by atoms with Crippen molar-refractivity contribution in [3.8, 4) is 0 Å². The van der Waals surface area contributed by atoms with Gasteiger partial charge >= 0.3 is 0 Å². The molecule has 0 saturated heterocycles. The van der Waals surface area contributed by atoms with Crippen LogP contribution in [0.25, 0.3) is 0 Å². The lowest BCUT2D eigenvalue weighted by atomic mass is 10.3. The molecule has 0 aromatic rings. The van der Waals surface area contributed by atoms with Crippen molar-refractivity contribution in [1.82, 2.24) is 0 Å². The zero-order valence-electron chi connectivity index (χ0n) is 5.48. The molecule has 0 bridgehead atoms. The Morgan fingerprint density at radius 3 is 2.62 bits per heavy atom. The molecule has 0 aromatic heterocycles. The fourth-order valence-corrected chi connectivity index (χ4v) is 0.922. The topological polar surface area (TPSA) is 9.23 Å². The molecule has 0 rings (SSSR count). The zero-order valence-corrected chi connectivity index (χ0v) is 6.24. The molecule has 0 aliphatic heterocycles. The van der Waals surface area contributed by atoms with Crippen LogP contribution in [0.15, 0.2) is 0 Å². The molecular weight excluding hydrogens is 124 g/mol. The van der Waals surface area contributed by atoms with Gasteiger partial charge in [-0.3, -0.25) is 0 Å². The molecule has 0 aromatic carbocycles. The minimum Gasteiger partial charge on any atom is -0.383 e. The Morgan fingerprint density at radius 1 is 1.62 bits per heavy atom. The fraction of sp³-hybridized carbons (Fsp3) is 1.00. The average molecular weight is 137 g/mol. The Labute approximate surface area is 56.0 Å². The number of methoxy groups -OCH3 is 1. The highest BCUT2D eigenvalue weighted by Crippen LogP contribution is 2.03. The lowest BCUT2D eigenvalue weighted by Gasteiger charge is -2.03. The first kappa shape index (κ1) is 8.25. The van der Waals surface area contributed by atoms with E-state index in [-0.39, 0.29) is 5.38 Å². The second-order valence-corrected chi connectivity index (χ2v) is 2.46. The van der Waals surface area contributed by atoms with E-state index < -0.39 is 0 Å². The van der Waals surface area contributed by atoms with Gasteiger partial charge in [0.2, 0.25) is 0 Å². The largest absolute Gasteiger partial charge is 0.383 e. The monoisotopic (exact) mass is 136 g/mol. The molecular formula is C6H13ClO. The van der Waals surface area contributed by atoms with Crippen molar-refractivity contribution in [2.75, 3.05) is 13.7 Å². The van der Waals surface area contributed by atoms with Gasteiger partial charge in [0.15, 0.2) is 0 Å². The van der Waals surface area contributed by atoms with Gasteiger partial charge < -0.3 is 4.74 Å². The van der Waals surface area contributed by atoms with Crippen LogP contribution in [-0.2, 0) is 4.74 Å². The van der Waals surface area contributed by atoms with Crippen LogP contribution in [0.3, 0.4) is 0 Å². The van der Waals surface area contributed by atoms with Crippen LogP contribution in [-0.4, -0.2) is 19.1 Å². The van der Waals surface area contributed by atoms with E-state index in [1.54, 1.807) is 7.11 Å². The minimum atomic E-state index is 0.213. The van der Waals surface area contributed by atoms with Crippen molar-refractivity contribution in [3.05, 3.63) is 0 Å². The van der Waals surface area contributed by atoms with Crippen LogP contribution < -0.4 is 0 Å². The summed E-state index contributed by atoms with van der Waals surface area (Å²) < 4.78 is 4.82. The average Bonchev–Trinajstić information content (AvgIpc) is 1.68. The zero-order chi connectivity index (χ0) is 6.41. The summed E-state index contributed by atoms with van der Waals surface area (Å²) in [5.74, 6) is 0. The normalized spacial score (nSPS) is 13.9. The van der Waals surface area contributed by atoms with Gasteiger partial charge in [-0.25, -0.2) is 0 Å². The Morgan fingerprint density at radius 2 is 2.25 bits per heavy atom. The molecule has 0 spiro atoms. The summed E-state index contributed by atoms with van der Waals surface area (Å²) >= 11 is 5.76. The summed E-state index contributed by atoms with van der Waals surface area (Å²) in [4.78, 5) is 0. The van der Waals surface area contributed by atoms with E-state index in [1.165, 1.54) is 0 Å². The van der Waals surface area contributed by atoms with Crippen LogP contribution in [0.1, 0.15) is 19.8 Å². The van der Waals surface area contributed by atoms with E-state index in [0.717, 1.165) is 12.8 Å². The second-order valence-electron chi connectivity index (χ2n) is 1.84. The molecule has 0 N–H and O–H groups in total. The Kier molecular flexibility index (Phi) is 5.56. The van der Waals surface area contributed by atoms with Crippen molar-refractivity contribution in [1.29, 1.82) is 0 Å². The smallest absolute Gasteiger partial charge is 0.0626 e. The van der Waals surface area contributed by atoms with E-state index >= 15 is 0 Å². The maximum atomic E-state index is 5.76. The molecule has 1 unspecified atom stereocenters. The Bertz CT molecular complexity index is 41.8. The molecule has 50 valence electrons. The third-order valence-corrected chi connectivity index (χ3v) is 1.29. The lowest BCUT2D eigenvalue weighted by molar-refractivity contribution is 0.195. The first-order valence-corrected chi connectivity index (χ1v) is 3.38. The van der Waals surface area contributed by atoms with E-state index in [9.17, 15) is 0 Å². The number of rotatable bonds is 4. The van der Waals surface area contributed by atoms with E-state index in [1.807, 2.05) is 0 Å². The molecule has 1 nitrogen and oxygen atoms in total. The fourth-order valence-electron chi connectivity index (χ4n) is 0.577. The second kappa shape index (κ2) is 5.39. The Balaban J connectivity index is 2.92. The van der Waals surface area contributed by atoms with Gasteiger partial charge in [0.25, 0.3) is 0 Å². The standard InChI is InChI=1S/C6H13ClO/c1-3-4-6(7)5-8-2/h6H,3-5H2,1-2H3. The van der Waals surface area contributed by atoms with Crippen molar-refractivity contribution in [2.24, 2.45) is 0 Å². The summed E-state index contributed by atoms with van der Waals surface area (Å²) in [6.07, 6.45) is 2.19. The van der Waals surface area contributed by atoms with E-state index in [4.69, 9.17) is 16.3 Å². The van der Waals surface area contributed by atoms with Crippen molar-refractivity contribution in [2.45, 2.75) is 25.1 Å². The Hall–Kier alpha value is 0.250. The number of ether oxygens (including phenoxy) is 1. The molecule has 0 aliphatic rings. The van der Waals surface area contributed by atoms with Gasteiger partial charge in [-0.05, 0) is 6.42 Å². The maximum Gasteiger partial charge on any atom is 0.0626 e. The minimum absolute atomic E-state index is 0.213. The van der Waals surface area contributed by atoms with Gasteiger partial charge in [0.05, 0.1) is 12.0 Å². The lowest BCUT2D eigenvalue weighted by Crippen LogP contribution is -2.05. The predicted octanol–water partition coefficient (Wildman–Crippen LogP) is 2.04.